The van der Waals surface area contributed by atoms with Gasteiger partial charge in [-0.1, -0.05) is 461 Å². The minimum Gasteiger partial charge on any atom is -0.309 e. The van der Waals surface area contributed by atoms with E-state index in [0.717, 1.165) is 22.7 Å². The van der Waals surface area contributed by atoms with Crippen molar-refractivity contribution in [2.24, 2.45) is 0 Å². The summed E-state index contributed by atoms with van der Waals surface area (Å²) in [4.78, 5) is 0. The fourth-order valence-electron chi connectivity index (χ4n) is 23.1. The van der Waals surface area contributed by atoms with E-state index in [-0.39, 0.29) is 0 Å². The summed E-state index contributed by atoms with van der Waals surface area (Å²) in [5.41, 5.74) is 31.0. The third-order valence-electron chi connectivity index (χ3n) is 29.7. The number of aromatic nitrogens is 4. The van der Waals surface area contributed by atoms with Crippen LogP contribution < -0.4 is 41.5 Å². The summed E-state index contributed by atoms with van der Waals surface area (Å²) >= 11 is 0. The van der Waals surface area contributed by atoms with E-state index in [9.17, 15) is 0 Å². The molecule has 4 heterocycles. The molecule has 0 atom stereocenters. The van der Waals surface area contributed by atoms with Crippen LogP contribution in [0.15, 0.2) is 582 Å². The molecule has 0 saturated carbocycles. The van der Waals surface area contributed by atoms with Crippen LogP contribution >= 0.6 is 0 Å². The van der Waals surface area contributed by atoms with Gasteiger partial charge in [0.2, 0.25) is 0 Å². The molecule has 0 fully saturated rings. The van der Waals surface area contributed by atoms with E-state index in [4.69, 9.17) is 0 Å². The van der Waals surface area contributed by atoms with Gasteiger partial charge in [-0.3, -0.25) is 0 Å². The zero-order valence-corrected chi connectivity index (χ0v) is 81.2. The average molecular weight is 1870 g/mol. The van der Waals surface area contributed by atoms with Crippen LogP contribution in [0.5, 0.6) is 0 Å². The van der Waals surface area contributed by atoms with Crippen LogP contribution in [0.1, 0.15) is 0 Å². The summed E-state index contributed by atoms with van der Waals surface area (Å²) < 4.78 is 9.78. The molecule has 0 aliphatic heterocycles. The van der Waals surface area contributed by atoms with Gasteiger partial charge >= 0.3 is 0 Å². The van der Waals surface area contributed by atoms with Crippen LogP contribution in [0.4, 0.5) is 0 Å². The van der Waals surface area contributed by atoms with Crippen LogP contribution in [-0.2, 0) is 0 Å². The van der Waals surface area contributed by atoms with E-state index in [2.05, 4.69) is 601 Å². The van der Waals surface area contributed by atoms with Crippen molar-refractivity contribution >= 4 is 145 Å². The second-order valence-electron chi connectivity index (χ2n) is 37.7. The maximum Gasteiger partial charge on any atom is 0.179 e. The molecule has 6 heteroatoms. The second kappa shape index (κ2) is 36.8. The van der Waals surface area contributed by atoms with Crippen LogP contribution in [0.3, 0.4) is 0 Å². The SMILES string of the molecule is c1ccc(-c2cccc(-n3c4ccccc4c4cc(-c5ccc(-c6ccc7c(c6)c6ccc([Si](c8ccccc8)(c8ccccc8)c8ccccc8)cc6n7-c6cccc(-c7ccccc7)c6)cc5)ccc43)c2)cc1.c1ccc(-c2cccc(-n3c4ccccc4c4cc(-c5ccc(-c6ccc7c(c6)c6ccccc6n7-c6cccc([Si](c7ccccc7)(c7ccccc7)c7ccccc7)c6)cc5)ccc43)c2)cc1. The highest BCUT2D eigenvalue weighted by molar-refractivity contribution is 7.20. The number of rotatable bonds is 19. The highest BCUT2D eigenvalue weighted by Crippen LogP contribution is 2.44. The van der Waals surface area contributed by atoms with Crippen molar-refractivity contribution in [1.82, 2.24) is 18.3 Å². The maximum absolute atomic E-state index is 2.82. The van der Waals surface area contributed by atoms with Crippen molar-refractivity contribution in [2.45, 2.75) is 0 Å². The van der Waals surface area contributed by atoms with Crippen molar-refractivity contribution in [1.29, 1.82) is 0 Å². The summed E-state index contributed by atoms with van der Waals surface area (Å²) in [7, 11) is -5.55. The van der Waals surface area contributed by atoms with Gasteiger partial charge in [-0.25, -0.2) is 0 Å². The molecule has 0 bridgehead atoms. The molecule has 0 aliphatic rings. The van der Waals surface area contributed by atoms with Gasteiger partial charge in [0.15, 0.2) is 16.1 Å². The summed E-state index contributed by atoms with van der Waals surface area (Å²) in [6.07, 6.45) is 0. The molecule has 144 heavy (non-hydrogen) atoms. The minimum atomic E-state index is -2.82. The number of benzene rings is 23. The monoisotopic (exact) mass is 1860 g/mol. The van der Waals surface area contributed by atoms with E-state index in [1.54, 1.807) is 0 Å². The quantitative estimate of drug-likeness (QED) is 0.0568. The maximum atomic E-state index is 2.52. The molecule has 0 N–H and O–H groups in total. The average Bonchev–Trinajstić information content (AvgIpc) is 1.59. The lowest BCUT2D eigenvalue weighted by molar-refractivity contribution is 1.18. The smallest absolute Gasteiger partial charge is 0.179 e. The summed E-state index contributed by atoms with van der Waals surface area (Å²) in [5, 5.41) is 20.8. The van der Waals surface area contributed by atoms with E-state index in [1.807, 2.05) is 0 Å². The molecule has 0 radical (unpaired) electrons. The Balaban J connectivity index is 0.000000147. The van der Waals surface area contributed by atoms with Crippen molar-refractivity contribution in [3.05, 3.63) is 582 Å². The lowest BCUT2D eigenvalue weighted by Gasteiger charge is -2.34. The van der Waals surface area contributed by atoms with Crippen LogP contribution in [0, 0.1) is 0 Å². The number of para-hydroxylation sites is 3. The minimum absolute atomic E-state index is 1.14. The van der Waals surface area contributed by atoms with E-state index in [0.29, 0.717) is 0 Å². The normalized spacial score (nSPS) is 11.8. The molecule has 676 valence electrons. The fourth-order valence-corrected chi connectivity index (χ4v) is 32.6. The van der Waals surface area contributed by atoms with Gasteiger partial charge in [0, 0.05) is 65.8 Å². The van der Waals surface area contributed by atoms with Gasteiger partial charge in [-0.15, -0.1) is 0 Å². The van der Waals surface area contributed by atoms with Crippen molar-refractivity contribution in [3.8, 4) is 101 Å². The molecule has 0 spiro atoms. The Kier molecular flexibility index (Phi) is 22.0. The molecule has 27 rings (SSSR count). The molecule has 4 nitrogen and oxygen atoms in total. The fraction of sp³-hybridized carbons (Fsp3) is 0. The first-order valence-electron chi connectivity index (χ1n) is 49.7. The molecule has 23 aromatic carbocycles. The molecule has 0 amide bonds. The zero-order valence-electron chi connectivity index (χ0n) is 79.2. The predicted octanol–water partition coefficient (Wildman–Crippen LogP) is 30.2. The first-order valence-corrected chi connectivity index (χ1v) is 53.7. The van der Waals surface area contributed by atoms with Crippen LogP contribution in [0.25, 0.3) is 188 Å². The first kappa shape index (κ1) is 86.1. The molecule has 27 aromatic rings. The van der Waals surface area contributed by atoms with E-state index in [1.165, 1.54) is 207 Å². The summed E-state index contributed by atoms with van der Waals surface area (Å²) in [5.74, 6) is 0. The first-order chi connectivity index (χ1) is 71.4. The van der Waals surface area contributed by atoms with Gasteiger partial charge in [0.05, 0.1) is 44.1 Å². The van der Waals surface area contributed by atoms with E-state index < -0.39 is 16.1 Å². The topological polar surface area (TPSA) is 19.7 Å². The van der Waals surface area contributed by atoms with Crippen molar-refractivity contribution < 1.29 is 0 Å². The number of hydrogen-bond donors (Lipinski definition) is 0. The highest BCUT2D eigenvalue weighted by atomic mass is 28.3. The highest BCUT2D eigenvalue weighted by Gasteiger charge is 2.44. The van der Waals surface area contributed by atoms with Gasteiger partial charge in [-0.2, -0.15) is 0 Å². The predicted molar refractivity (Wildman–Crippen MR) is 616 cm³/mol. The molecule has 0 unspecified atom stereocenters. The van der Waals surface area contributed by atoms with Gasteiger partial charge in [0.1, 0.15) is 0 Å². The molecule has 0 aliphatic carbocycles. The van der Waals surface area contributed by atoms with Gasteiger partial charge in [-0.05, 0) is 241 Å². The summed E-state index contributed by atoms with van der Waals surface area (Å²) in [6, 6.07) is 215. The lowest BCUT2D eigenvalue weighted by Crippen LogP contribution is -2.74. The van der Waals surface area contributed by atoms with Crippen molar-refractivity contribution in [2.75, 3.05) is 0 Å². The molecule has 4 aromatic heterocycles. The molecule has 0 saturated heterocycles. The number of nitrogens with zero attached hydrogens (tertiary/aromatic N) is 4. The third-order valence-corrected chi connectivity index (χ3v) is 39.3. The Bertz CT molecular complexity index is 9260. The van der Waals surface area contributed by atoms with Gasteiger partial charge in [0.25, 0.3) is 0 Å². The standard InChI is InChI=1S/C72H50N2Si.C66H46N2Si/c1-6-20-51(21-7-1)55-24-18-26-59(46-55)73-69-35-17-16-34-65(69)67-48-57(40-44-70(67)73)53-36-38-54(39-37-53)58-41-45-71-68(49-58)66-43-42-64(50-72(66)74(71)60-27-19-25-56(47-60)52-22-8-2-9-23-52)75(61-28-10-3-11-29-61,62-30-12-4-13-31-62)63-32-14-5-15-33-63;1-5-19-47(20-6-1)50-21-17-22-53(43-50)67-63-33-15-13-31-59(63)61-44-51(39-41-65(61)67)48-35-37-49(38-36-48)52-40-42-66-62(45-52)60-32-14-16-34-64(60)68(66)54-23-18-30-58(46-54)69(55-24-7-2-8-25-55,56-26-9-3-10-27-56)57-28-11-4-12-29-57/h1-50H;1-46H. The van der Waals surface area contributed by atoms with Crippen molar-refractivity contribution in [3.63, 3.8) is 0 Å². The number of fused-ring (bicyclic) bond motifs is 12. The molecular weight excluding hydrogens is 1770 g/mol. The van der Waals surface area contributed by atoms with Crippen LogP contribution in [-0.4, -0.2) is 34.4 Å². The Morgan fingerprint density at radius 3 is 0.569 bits per heavy atom. The Hall–Kier alpha value is -18.3. The second-order valence-corrected chi connectivity index (χ2v) is 45.3. The Labute approximate surface area is 839 Å². The van der Waals surface area contributed by atoms with E-state index >= 15 is 0 Å². The Morgan fingerprint density at radius 1 is 0.0972 bits per heavy atom. The number of hydrogen-bond acceptors (Lipinski definition) is 0. The summed E-state index contributed by atoms with van der Waals surface area (Å²) in [6.45, 7) is 0. The van der Waals surface area contributed by atoms with Gasteiger partial charge < -0.3 is 18.3 Å². The van der Waals surface area contributed by atoms with Crippen LogP contribution in [0.2, 0.25) is 0 Å². The molecular formula is C138H96N4Si2. The largest absolute Gasteiger partial charge is 0.309 e. The Morgan fingerprint density at radius 2 is 0.285 bits per heavy atom. The zero-order chi connectivity index (χ0) is 95.4. The lowest BCUT2D eigenvalue weighted by atomic mass is 9.98. The third kappa shape index (κ3) is 15.1.